The van der Waals surface area contributed by atoms with Gasteiger partial charge < -0.3 is 10.1 Å². The van der Waals surface area contributed by atoms with Crippen LogP contribution in [0.4, 0.5) is 16.3 Å². The average Bonchev–Trinajstić information content (AvgIpc) is 2.90. The van der Waals surface area contributed by atoms with Gasteiger partial charge in [0.05, 0.1) is 0 Å². The molecular formula is C18H21N3O2. The summed E-state index contributed by atoms with van der Waals surface area (Å²) in [4.78, 5) is 18.2. The molecule has 2 heterocycles. The van der Waals surface area contributed by atoms with Crippen LogP contribution in [0.1, 0.15) is 31.9 Å². The first-order chi connectivity index (χ1) is 10.9. The molecule has 23 heavy (non-hydrogen) atoms. The van der Waals surface area contributed by atoms with Crippen LogP contribution >= 0.6 is 0 Å². The number of anilines is 2. The van der Waals surface area contributed by atoms with Gasteiger partial charge >= 0.3 is 6.09 Å². The molecule has 0 unspecified atom stereocenters. The Morgan fingerprint density at radius 1 is 1.17 bits per heavy atom. The molecule has 3 rings (SSSR count). The molecule has 5 nitrogen and oxygen atoms in total. The van der Waals surface area contributed by atoms with E-state index in [2.05, 4.69) is 16.4 Å². The number of carbonyl (C=O) groups excluding carboxylic acids is 1. The van der Waals surface area contributed by atoms with Gasteiger partial charge in [0.15, 0.2) is 0 Å². The fourth-order valence-corrected chi connectivity index (χ4v) is 2.51. The van der Waals surface area contributed by atoms with Crippen LogP contribution in [-0.4, -0.2) is 21.6 Å². The Hall–Kier alpha value is -2.56. The third kappa shape index (κ3) is 3.80. The molecule has 1 amide bonds. The van der Waals surface area contributed by atoms with Crippen molar-refractivity contribution >= 4 is 17.6 Å². The Morgan fingerprint density at radius 3 is 2.65 bits per heavy atom. The molecule has 0 radical (unpaired) electrons. The van der Waals surface area contributed by atoms with Crippen molar-refractivity contribution in [3.05, 3.63) is 53.7 Å². The van der Waals surface area contributed by atoms with Gasteiger partial charge in [-0.3, -0.25) is 4.90 Å². The van der Waals surface area contributed by atoms with Crippen molar-refractivity contribution in [3.63, 3.8) is 0 Å². The van der Waals surface area contributed by atoms with Crippen LogP contribution in [0.3, 0.4) is 0 Å². The van der Waals surface area contributed by atoms with E-state index in [1.165, 1.54) is 0 Å². The molecule has 1 aliphatic heterocycles. The molecule has 120 valence electrons. The normalized spacial score (nSPS) is 13.6. The first-order valence-electron chi connectivity index (χ1n) is 7.68. The fraction of sp³-hybridized carbons (Fsp3) is 0.333. The van der Waals surface area contributed by atoms with Crippen LogP contribution in [0.15, 0.2) is 42.6 Å². The monoisotopic (exact) mass is 311 g/mol. The van der Waals surface area contributed by atoms with Crippen LogP contribution in [0, 0.1) is 0 Å². The summed E-state index contributed by atoms with van der Waals surface area (Å²) >= 11 is 0. The number of amides is 1. The minimum Gasteiger partial charge on any atom is -0.444 e. The third-order valence-corrected chi connectivity index (χ3v) is 3.52. The van der Waals surface area contributed by atoms with Crippen LogP contribution in [0.25, 0.3) is 0 Å². The number of nitrogens with one attached hydrogen (secondary N) is 1. The molecule has 0 aliphatic carbocycles. The van der Waals surface area contributed by atoms with Crippen molar-refractivity contribution < 1.29 is 9.53 Å². The molecule has 1 N–H and O–H groups in total. The summed E-state index contributed by atoms with van der Waals surface area (Å²) < 4.78 is 5.44. The predicted octanol–water partition coefficient (Wildman–Crippen LogP) is 4.08. The van der Waals surface area contributed by atoms with Crippen LogP contribution in [0.2, 0.25) is 0 Å². The van der Waals surface area contributed by atoms with Crippen LogP contribution < -0.4 is 5.32 Å². The number of benzene rings is 1. The molecule has 0 fully saturated rings. The van der Waals surface area contributed by atoms with Crippen molar-refractivity contribution in [2.75, 3.05) is 5.32 Å². The van der Waals surface area contributed by atoms with E-state index in [0.29, 0.717) is 13.1 Å². The van der Waals surface area contributed by atoms with Crippen LogP contribution in [-0.2, 0) is 17.8 Å². The number of nitrogens with zero attached hydrogens (tertiary/aromatic N) is 2. The maximum absolute atomic E-state index is 12.2. The van der Waals surface area contributed by atoms with Gasteiger partial charge in [-0.1, -0.05) is 12.1 Å². The Bertz CT molecular complexity index is 708. The van der Waals surface area contributed by atoms with E-state index in [4.69, 9.17) is 4.74 Å². The summed E-state index contributed by atoms with van der Waals surface area (Å²) in [7, 11) is 0. The largest absolute Gasteiger partial charge is 0.444 e. The van der Waals surface area contributed by atoms with Gasteiger partial charge in [0.25, 0.3) is 0 Å². The molecule has 1 aliphatic rings. The number of rotatable bonds is 2. The standard InChI is InChI=1S/C18H21N3O2/c1-18(2,3)23-17(22)21-11-13-7-8-15(10-14(13)12-21)20-16-6-4-5-9-19-16/h4-10H,11-12H2,1-3H3,(H,19,20). The quantitative estimate of drug-likeness (QED) is 0.908. The maximum Gasteiger partial charge on any atom is 0.410 e. The lowest BCUT2D eigenvalue weighted by Gasteiger charge is -2.24. The molecule has 0 atom stereocenters. The Kier molecular flexibility index (Phi) is 3.94. The molecule has 1 aromatic carbocycles. The summed E-state index contributed by atoms with van der Waals surface area (Å²) in [6.07, 6.45) is 1.48. The smallest absolute Gasteiger partial charge is 0.410 e. The highest BCUT2D eigenvalue weighted by atomic mass is 16.6. The molecule has 0 saturated carbocycles. The molecule has 0 spiro atoms. The van der Waals surface area contributed by atoms with Gasteiger partial charge in [-0.15, -0.1) is 0 Å². The second kappa shape index (κ2) is 5.91. The van der Waals surface area contributed by atoms with E-state index in [-0.39, 0.29) is 6.09 Å². The molecule has 0 saturated heterocycles. The molecule has 2 aromatic rings. The minimum absolute atomic E-state index is 0.270. The third-order valence-electron chi connectivity index (χ3n) is 3.52. The minimum atomic E-state index is -0.475. The number of aromatic nitrogens is 1. The van der Waals surface area contributed by atoms with E-state index in [1.54, 1.807) is 11.1 Å². The SMILES string of the molecule is CC(C)(C)OC(=O)N1Cc2ccc(Nc3ccccn3)cc2C1. The molecular weight excluding hydrogens is 290 g/mol. The van der Waals surface area contributed by atoms with Crippen molar-refractivity contribution in [1.82, 2.24) is 9.88 Å². The Balaban J connectivity index is 1.70. The number of fused-ring (bicyclic) bond motifs is 1. The van der Waals surface area contributed by atoms with Gasteiger partial charge in [0.2, 0.25) is 0 Å². The van der Waals surface area contributed by atoms with Crippen molar-refractivity contribution in [2.45, 2.75) is 39.5 Å². The Labute approximate surface area is 136 Å². The molecule has 5 heteroatoms. The zero-order valence-electron chi connectivity index (χ0n) is 13.7. The van der Waals surface area contributed by atoms with E-state index in [1.807, 2.05) is 51.1 Å². The zero-order chi connectivity index (χ0) is 16.4. The number of hydrogen-bond acceptors (Lipinski definition) is 4. The van der Waals surface area contributed by atoms with Gasteiger partial charge in [0.1, 0.15) is 11.4 Å². The molecule has 0 bridgehead atoms. The first kappa shape index (κ1) is 15.3. The van der Waals surface area contributed by atoms with E-state index in [0.717, 1.165) is 22.6 Å². The second-order valence-corrected chi connectivity index (χ2v) is 6.66. The summed E-state index contributed by atoms with van der Waals surface area (Å²) in [6, 6.07) is 11.9. The van der Waals surface area contributed by atoms with Gasteiger partial charge in [-0.2, -0.15) is 0 Å². The van der Waals surface area contributed by atoms with Crippen molar-refractivity contribution in [2.24, 2.45) is 0 Å². The summed E-state index contributed by atoms with van der Waals surface area (Å²) in [5.74, 6) is 0.800. The number of hydrogen-bond donors (Lipinski definition) is 1. The summed E-state index contributed by atoms with van der Waals surface area (Å²) in [5, 5.41) is 3.27. The van der Waals surface area contributed by atoms with E-state index < -0.39 is 5.60 Å². The van der Waals surface area contributed by atoms with Gasteiger partial charge in [-0.05, 0) is 56.2 Å². The highest BCUT2D eigenvalue weighted by Crippen LogP contribution is 2.28. The lowest BCUT2D eigenvalue weighted by Crippen LogP contribution is -2.33. The summed E-state index contributed by atoms with van der Waals surface area (Å²) in [6.45, 7) is 6.80. The number of carbonyl (C=O) groups is 1. The number of pyridine rings is 1. The highest BCUT2D eigenvalue weighted by molar-refractivity contribution is 5.70. The lowest BCUT2D eigenvalue weighted by molar-refractivity contribution is 0.0242. The van der Waals surface area contributed by atoms with Crippen molar-refractivity contribution in [1.29, 1.82) is 0 Å². The maximum atomic E-state index is 12.2. The average molecular weight is 311 g/mol. The molecule has 1 aromatic heterocycles. The van der Waals surface area contributed by atoms with E-state index >= 15 is 0 Å². The lowest BCUT2D eigenvalue weighted by atomic mass is 10.1. The zero-order valence-corrected chi connectivity index (χ0v) is 13.7. The summed E-state index contributed by atoms with van der Waals surface area (Å²) in [5.41, 5.74) is 2.78. The van der Waals surface area contributed by atoms with Gasteiger partial charge in [-0.25, -0.2) is 9.78 Å². The van der Waals surface area contributed by atoms with E-state index in [9.17, 15) is 4.79 Å². The van der Waals surface area contributed by atoms with Crippen LogP contribution in [0.5, 0.6) is 0 Å². The number of ether oxygens (including phenoxy) is 1. The topological polar surface area (TPSA) is 54.5 Å². The Morgan fingerprint density at radius 2 is 1.96 bits per heavy atom. The highest BCUT2D eigenvalue weighted by Gasteiger charge is 2.27. The predicted molar refractivity (Wildman–Crippen MR) is 89.4 cm³/mol. The second-order valence-electron chi connectivity index (χ2n) is 6.66. The van der Waals surface area contributed by atoms with Gasteiger partial charge in [0, 0.05) is 25.0 Å². The first-order valence-corrected chi connectivity index (χ1v) is 7.68. The fourth-order valence-electron chi connectivity index (χ4n) is 2.51. The van der Waals surface area contributed by atoms with Crippen molar-refractivity contribution in [3.8, 4) is 0 Å².